The first-order chi connectivity index (χ1) is 32.5. The van der Waals surface area contributed by atoms with Crippen molar-refractivity contribution in [1.82, 2.24) is 0 Å². The number of fused-ring (bicyclic) bond motifs is 3. The third-order valence-corrected chi connectivity index (χ3v) is 12.9. The molecule has 0 radical (unpaired) electrons. The summed E-state index contributed by atoms with van der Waals surface area (Å²) in [5.41, 5.74) is 6.79. The van der Waals surface area contributed by atoms with Crippen LogP contribution >= 0.6 is 0 Å². The summed E-state index contributed by atoms with van der Waals surface area (Å²) in [6.45, 7) is 21.1. The molecule has 4 aromatic rings. The van der Waals surface area contributed by atoms with Gasteiger partial charge in [-0.25, -0.2) is 9.59 Å². The van der Waals surface area contributed by atoms with Gasteiger partial charge in [0.1, 0.15) is 24.7 Å². The second-order valence-electron chi connectivity index (χ2n) is 18.1. The highest BCUT2D eigenvalue weighted by molar-refractivity contribution is 5.88. The largest absolute Gasteiger partial charge is 0.490 e. The molecular formula is C55H66O12. The van der Waals surface area contributed by atoms with E-state index in [9.17, 15) is 9.59 Å². The van der Waals surface area contributed by atoms with Gasteiger partial charge in [-0.2, -0.15) is 0 Å². The number of rotatable bonds is 28. The van der Waals surface area contributed by atoms with Gasteiger partial charge in [0.25, 0.3) is 0 Å². The van der Waals surface area contributed by atoms with E-state index in [4.69, 9.17) is 47.4 Å². The third kappa shape index (κ3) is 11.9. The molecule has 0 bridgehead atoms. The summed E-state index contributed by atoms with van der Waals surface area (Å²) in [6, 6.07) is 33.2. The zero-order chi connectivity index (χ0) is 47.3. The Morgan fingerprint density at radius 2 is 0.910 bits per heavy atom. The molecule has 12 nitrogen and oxygen atoms in total. The number of benzene rings is 4. The van der Waals surface area contributed by atoms with E-state index in [0.717, 1.165) is 72.6 Å². The fraction of sp³-hybridized carbons (Fsp3) is 0.455. The molecule has 0 N–H and O–H groups in total. The minimum Gasteiger partial charge on any atom is -0.490 e. The van der Waals surface area contributed by atoms with Crippen LogP contribution in [-0.2, 0) is 52.9 Å². The van der Waals surface area contributed by atoms with Gasteiger partial charge in [0, 0.05) is 22.0 Å². The number of carbonyl (C=O) groups is 2. The van der Waals surface area contributed by atoms with Crippen LogP contribution in [-0.4, -0.2) is 117 Å². The van der Waals surface area contributed by atoms with Crippen LogP contribution in [0.4, 0.5) is 0 Å². The molecule has 0 amide bonds. The van der Waals surface area contributed by atoms with Gasteiger partial charge in [-0.05, 0) is 84.3 Å². The minimum absolute atomic E-state index is 0.0807. The smallest absolute Gasteiger partial charge is 0.333 e. The molecule has 7 rings (SSSR count). The number of hydrogen-bond acceptors (Lipinski definition) is 12. The van der Waals surface area contributed by atoms with Crippen molar-refractivity contribution < 1.29 is 57.0 Å². The van der Waals surface area contributed by atoms with Crippen molar-refractivity contribution in [1.29, 1.82) is 0 Å². The summed E-state index contributed by atoms with van der Waals surface area (Å²) in [7, 11) is 0. The van der Waals surface area contributed by atoms with Crippen LogP contribution in [0.25, 0.3) is 11.1 Å². The molecular weight excluding hydrogens is 853 g/mol. The summed E-state index contributed by atoms with van der Waals surface area (Å²) in [5.74, 6) is 0.212. The second-order valence-corrected chi connectivity index (χ2v) is 18.1. The summed E-state index contributed by atoms with van der Waals surface area (Å²) in [5, 5.41) is 0. The molecule has 4 aromatic carbocycles. The highest BCUT2D eigenvalue weighted by Crippen LogP contribution is 2.56. The molecule has 358 valence electrons. The van der Waals surface area contributed by atoms with Crippen LogP contribution in [0.15, 0.2) is 121 Å². The zero-order valence-electron chi connectivity index (χ0n) is 39.5. The average molecular weight is 919 g/mol. The summed E-state index contributed by atoms with van der Waals surface area (Å²) in [6.07, 6.45) is 0.665. The zero-order valence-corrected chi connectivity index (χ0v) is 39.5. The monoisotopic (exact) mass is 918 g/mol. The van der Waals surface area contributed by atoms with Gasteiger partial charge >= 0.3 is 11.9 Å². The van der Waals surface area contributed by atoms with Gasteiger partial charge in [0.05, 0.1) is 84.7 Å². The average Bonchev–Trinajstić information content (AvgIpc) is 3.62. The fourth-order valence-electron chi connectivity index (χ4n) is 8.54. The highest BCUT2D eigenvalue weighted by Gasteiger charge is 2.46. The maximum absolute atomic E-state index is 12.6. The van der Waals surface area contributed by atoms with Crippen LogP contribution in [0.3, 0.4) is 0 Å². The van der Waals surface area contributed by atoms with Crippen LogP contribution in [0, 0.1) is 10.8 Å². The van der Waals surface area contributed by atoms with Crippen molar-refractivity contribution in [3.05, 3.63) is 144 Å². The molecule has 2 unspecified atom stereocenters. The molecule has 2 saturated heterocycles. The normalized spacial score (nSPS) is 16.8. The maximum atomic E-state index is 12.6. The number of ether oxygens (including phenoxy) is 10. The van der Waals surface area contributed by atoms with E-state index in [1.807, 2.05) is 24.3 Å². The van der Waals surface area contributed by atoms with Crippen molar-refractivity contribution >= 4 is 11.9 Å². The maximum Gasteiger partial charge on any atom is 0.333 e. The summed E-state index contributed by atoms with van der Waals surface area (Å²) < 4.78 is 58.3. The first kappa shape index (κ1) is 49.6. The first-order valence-corrected chi connectivity index (χ1v) is 23.4. The molecule has 2 aliphatic heterocycles. The van der Waals surface area contributed by atoms with E-state index in [2.05, 4.69) is 99.8 Å². The Bertz CT molecular complexity index is 2100. The quantitative estimate of drug-likeness (QED) is 0.0271. The Morgan fingerprint density at radius 3 is 1.25 bits per heavy atom. The predicted octanol–water partition coefficient (Wildman–Crippen LogP) is 8.70. The van der Waals surface area contributed by atoms with Gasteiger partial charge in [0.15, 0.2) is 12.2 Å². The van der Waals surface area contributed by atoms with E-state index < -0.39 is 29.6 Å². The molecule has 0 saturated carbocycles. The van der Waals surface area contributed by atoms with Crippen molar-refractivity contribution in [3.63, 3.8) is 0 Å². The van der Waals surface area contributed by atoms with Crippen molar-refractivity contribution in [3.8, 4) is 22.6 Å². The van der Waals surface area contributed by atoms with Gasteiger partial charge in [0.2, 0.25) is 0 Å². The topological polar surface area (TPSA) is 126 Å². The van der Waals surface area contributed by atoms with E-state index in [-0.39, 0.29) is 37.3 Å². The second kappa shape index (κ2) is 23.1. The highest BCUT2D eigenvalue weighted by atomic mass is 16.6. The SMILES string of the molecule is C=C(C)C(=O)OC(COCCOCC1(CC)COC1)COc1ccc(C2(c3ccc(OCC(COCCOCC4(CC)COC4)OC(=O)C(=C)C)cc3)c3ccccc3-c3ccccc32)cc1. The summed E-state index contributed by atoms with van der Waals surface area (Å²) >= 11 is 0. The van der Waals surface area contributed by atoms with Crippen LogP contribution in [0.2, 0.25) is 0 Å². The van der Waals surface area contributed by atoms with Crippen LogP contribution in [0.1, 0.15) is 62.8 Å². The van der Waals surface area contributed by atoms with Crippen LogP contribution in [0.5, 0.6) is 11.5 Å². The lowest BCUT2D eigenvalue weighted by Crippen LogP contribution is -2.45. The van der Waals surface area contributed by atoms with Gasteiger partial charge in [-0.3, -0.25) is 0 Å². The Balaban J connectivity index is 1.03. The Kier molecular flexibility index (Phi) is 17.1. The van der Waals surface area contributed by atoms with E-state index in [1.165, 1.54) is 0 Å². The lowest BCUT2D eigenvalue weighted by atomic mass is 9.68. The Morgan fingerprint density at radius 1 is 0.537 bits per heavy atom. The standard InChI is InChI=1S/C55H66O12/c1-7-53(35-62-36-53)33-60-27-25-58-29-45(66-51(56)39(3)4)31-64-43-21-17-41(18-22-43)55(49-15-11-9-13-47(49)48-14-10-12-16-50(48)55)42-19-23-44(24-20-42)65-32-46(67-52(57)40(5)6)30-59-26-28-61-34-54(8-2)37-63-38-54/h9-24,45-46H,3,5,7-8,25-38H2,1-2,4,6H3. The molecule has 2 atom stereocenters. The molecule has 0 aromatic heterocycles. The van der Waals surface area contributed by atoms with Crippen molar-refractivity contribution in [2.24, 2.45) is 10.8 Å². The molecule has 12 heteroatoms. The molecule has 2 heterocycles. The Hall–Kier alpha value is -5.34. The van der Waals surface area contributed by atoms with Gasteiger partial charge in [-0.1, -0.05) is 99.8 Å². The van der Waals surface area contributed by atoms with Crippen molar-refractivity contribution in [2.75, 3.05) is 92.5 Å². The number of hydrogen-bond donors (Lipinski definition) is 0. The molecule has 3 aliphatic rings. The van der Waals surface area contributed by atoms with Gasteiger partial charge < -0.3 is 47.4 Å². The molecule has 1 aliphatic carbocycles. The van der Waals surface area contributed by atoms with E-state index in [0.29, 0.717) is 62.3 Å². The lowest BCUT2D eigenvalue weighted by molar-refractivity contribution is -0.156. The summed E-state index contributed by atoms with van der Waals surface area (Å²) in [4.78, 5) is 25.2. The number of esters is 2. The number of carbonyl (C=O) groups excluding carboxylic acids is 2. The fourth-order valence-corrected chi connectivity index (χ4v) is 8.54. The van der Waals surface area contributed by atoms with E-state index in [1.54, 1.807) is 13.8 Å². The Labute approximate surface area is 395 Å². The first-order valence-electron chi connectivity index (χ1n) is 23.4. The molecule has 2 fully saturated rings. The molecule has 0 spiro atoms. The third-order valence-electron chi connectivity index (χ3n) is 12.9. The molecule has 67 heavy (non-hydrogen) atoms. The lowest BCUT2D eigenvalue weighted by Gasteiger charge is -2.40. The van der Waals surface area contributed by atoms with Gasteiger partial charge in [-0.15, -0.1) is 0 Å². The predicted molar refractivity (Wildman–Crippen MR) is 254 cm³/mol. The van der Waals surface area contributed by atoms with E-state index >= 15 is 0 Å². The van der Waals surface area contributed by atoms with Crippen LogP contribution < -0.4 is 9.47 Å². The minimum atomic E-state index is -0.681. The van der Waals surface area contributed by atoms with Crippen molar-refractivity contribution in [2.45, 2.75) is 58.2 Å².